The number of hydrogen-bond donors (Lipinski definition) is 0. The third-order valence-electron chi connectivity index (χ3n) is 15.0. The van der Waals surface area contributed by atoms with E-state index in [1.165, 1.54) is 132 Å². The number of benzene rings is 10. The monoisotopic (exact) mass is 870 g/mol. The average molecular weight is 871 g/mol. The van der Waals surface area contributed by atoms with Crippen molar-refractivity contribution in [3.8, 4) is 61.3 Å². The van der Waals surface area contributed by atoms with Gasteiger partial charge in [0.2, 0.25) is 0 Å². The molecule has 0 bridgehead atoms. The van der Waals surface area contributed by atoms with Crippen LogP contribution in [0.1, 0.15) is 43.2 Å². The van der Waals surface area contributed by atoms with Crippen LogP contribution in [0.3, 0.4) is 0 Å². The molecule has 1 saturated carbocycles. The lowest BCUT2D eigenvalue weighted by Crippen LogP contribution is -2.28. The summed E-state index contributed by atoms with van der Waals surface area (Å²) in [5, 5.41) is 2.50. The zero-order valence-electron chi connectivity index (χ0n) is 38.0. The summed E-state index contributed by atoms with van der Waals surface area (Å²) in [5.41, 5.74) is 22.4. The molecule has 1 heterocycles. The van der Waals surface area contributed by atoms with Gasteiger partial charge in [-0.1, -0.05) is 201 Å². The molecule has 1 spiro atoms. The molecule has 10 aromatic carbocycles. The second kappa shape index (κ2) is 16.6. The Balaban J connectivity index is 1.01. The van der Waals surface area contributed by atoms with E-state index < -0.39 is 0 Å². The summed E-state index contributed by atoms with van der Waals surface area (Å²) in [6.07, 6.45) is 6.18. The van der Waals surface area contributed by atoms with E-state index in [1.807, 2.05) is 0 Å². The minimum Gasteiger partial charge on any atom is -0.310 e. The lowest BCUT2D eigenvalue weighted by Gasteiger charge is -2.37. The predicted molar refractivity (Wildman–Crippen MR) is 287 cm³/mol. The minimum absolute atomic E-state index is 0.0231. The molecule has 324 valence electrons. The van der Waals surface area contributed by atoms with E-state index in [1.54, 1.807) is 0 Å². The van der Waals surface area contributed by atoms with Gasteiger partial charge in [-0.2, -0.15) is 0 Å². The Labute approximate surface area is 399 Å². The molecule has 0 N–H and O–H groups in total. The highest BCUT2D eigenvalue weighted by molar-refractivity contribution is 6.10. The highest BCUT2D eigenvalue weighted by atomic mass is 15.1. The molecule has 2 heteroatoms. The molecule has 1 aromatic heterocycles. The quantitative estimate of drug-likeness (QED) is 0.148. The maximum absolute atomic E-state index is 2.56. The summed E-state index contributed by atoms with van der Waals surface area (Å²) >= 11 is 0. The molecule has 0 amide bonds. The topological polar surface area (TPSA) is 8.17 Å². The van der Waals surface area contributed by atoms with Crippen molar-refractivity contribution in [3.63, 3.8) is 0 Å². The molecule has 11 aromatic rings. The lowest BCUT2D eigenvalue weighted by molar-refractivity contribution is 0.353. The molecule has 2 aliphatic carbocycles. The van der Waals surface area contributed by atoms with Crippen LogP contribution in [0.5, 0.6) is 0 Å². The van der Waals surface area contributed by atoms with E-state index in [0.29, 0.717) is 0 Å². The zero-order chi connectivity index (χ0) is 45.0. The van der Waals surface area contributed by atoms with Gasteiger partial charge in [0.25, 0.3) is 0 Å². The lowest BCUT2D eigenvalue weighted by atomic mass is 9.68. The molecule has 2 aliphatic rings. The highest BCUT2D eigenvalue weighted by Gasteiger charge is 2.44. The van der Waals surface area contributed by atoms with Crippen LogP contribution in [0.2, 0.25) is 0 Å². The Hall–Kier alpha value is -8.20. The van der Waals surface area contributed by atoms with Crippen molar-refractivity contribution in [1.29, 1.82) is 0 Å². The molecule has 2 nitrogen and oxygen atoms in total. The minimum atomic E-state index is 0.0231. The molecule has 0 unspecified atom stereocenters. The Kier molecular flexibility index (Phi) is 9.79. The van der Waals surface area contributed by atoms with E-state index in [0.717, 1.165) is 11.4 Å². The smallest absolute Gasteiger partial charge is 0.0541 e. The fourth-order valence-electron chi connectivity index (χ4n) is 12.0. The Morgan fingerprint density at radius 1 is 0.324 bits per heavy atom. The fourth-order valence-corrected chi connectivity index (χ4v) is 12.0. The molecule has 0 saturated heterocycles. The van der Waals surface area contributed by atoms with Crippen LogP contribution < -0.4 is 4.90 Å². The van der Waals surface area contributed by atoms with Crippen LogP contribution in [0.4, 0.5) is 17.1 Å². The first-order valence-corrected chi connectivity index (χ1v) is 24.3. The van der Waals surface area contributed by atoms with Gasteiger partial charge in [0.05, 0.1) is 16.7 Å². The van der Waals surface area contributed by atoms with Crippen LogP contribution >= 0.6 is 0 Å². The summed E-state index contributed by atoms with van der Waals surface area (Å²) in [5.74, 6) is 0. The average Bonchev–Trinajstić information content (AvgIpc) is 3.88. The number of anilines is 3. The molecule has 0 radical (unpaired) electrons. The van der Waals surface area contributed by atoms with Gasteiger partial charge < -0.3 is 9.47 Å². The first-order valence-electron chi connectivity index (χ1n) is 24.3. The SMILES string of the molecule is c1ccc(-c2ccccc2-c2ccccc2-c2ccccc2N(c2cccc(-c3ccc4c(c3)c3ccccc3n4-c3ccccc3)c2)c2ccc3c(c2)C2(CCCCC2)c2ccccc2-3)cc1. The second-order valence-corrected chi connectivity index (χ2v) is 18.7. The largest absolute Gasteiger partial charge is 0.310 e. The van der Waals surface area contributed by atoms with Crippen molar-refractivity contribution in [3.05, 3.63) is 254 Å². The van der Waals surface area contributed by atoms with Crippen molar-refractivity contribution in [2.45, 2.75) is 37.5 Å². The third kappa shape index (κ3) is 6.54. The van der Waals surface area contributed by atoms with Crippen LogP contribution in [-0.2, 0) is 5.41 Å². The predicted octanol–water partition coefficient (Wildman–Crippen LogP) is 18.2. The molecule has 0 atom stereocenters. The molecule has 1 fully saturated rings. The Bertz CT molecular complexity index is 3670. The van der Waals surface area contributed by atoms with Gasteiger partial charge in [-0.25, -0.2) is 0 Å². The van der Waals surface area contributed by atoms with E-state index in [-0.39, 0.29) is 5.41 Å². The van der Waals surface area contributed by atoms with E-state index in [9.17, 15) is 0 Å². The van der Waals surface area contributed by atoms with E-state index >= 15 is 0 Å². The van der Waals surface area contributed by atoms with Gasteiger partial charge in [0.1, 0.15) is 0 Å². The third-order valence-corrected chi connectivity index (χ3v) is 15.0. The van der Waals surface area contributed by atoms with Crippen LogP contribution in [0, 0.1) is 0 Å². The Morgan fingerprint density at radius 2 is 0.882 bits per heavy atom. The fraction of sp³-hybridized carbons (Fsp3) is 0.0909. The molecule has 68 heavy (non-hydrogen) atoms. The first-order chi connectivity index (χ1) is 33.7. The highest BCUT2D eigenvalue weighted by Crippen LogP contribution is 2.57. The van der Waals surface area contributed by atoms with Crippen LogP contribution in [-0.4, -0.2) is 4.57 Å². The maximum atomic E-state index is 2.56. The number of para-hydroxylation sites is 3. The standard InChI is InChI=1S/C66H50N2/c1-4-21-46(22-5-1)52-27-8-9-28-53(52)54-29-10-11-30-55(54)58-32-13-16-35-63(58)67(51-38-39-57-56-31-12-15-34-61(56)66(62(57)45-51)41-18-3-19-42-66)50-26-20-23-47(43-50)48-37-40-65-60(44-48)59-33-14-17-36-64(59)68(65)49-24-6-2-7-25-49/h1-2,4-17,20-40,43-45H,3,18-19,41-42H2. The van der Waals surface area contributed by atoms with Crippen molar-refractivity contribution in [2.24, 2.45) is 0 Å². The number of hydrogen-bond acceptors (Lipinski definition) is 1. The van der Waals surface area contributed by atoms with Gasteiger partial charge >= 0.3 is 0 Å². The van der Waals surface area contributed by atoms with Crippen LogP contribution in [0.15, 0.2) is 243 Å². The normalized spacial score (nSPS) is 13.7. The summed E-state index contributed by atoms with van der Waals surface area (Å²) in [6.45, 7) is 0. The van der Waals surface area contributed by atoms with Crippen LogP contribution in [0.25, 0.3) is 83.1 Å². The van der Waals surface area contributed by atoms with Gasteiger partial charge in [-0.15, -0.1) is 0 Å². The van der Waals surface area contributed by atoms with Crippen molar-refractivity contribution >= 4 is 38.9 Å². The molecule has 0 aliphatic heterocycles. The summed E-state index contributed by atoms with van der Waals surface area (Å²) in [4.78, 5) is 2.54. The zero-order valence-corrected chi connectivity index (χ0v) is 38.0. The first kappa shape index (κ1) is 40.1. The number of nitrogens with zero attached hydrogens (tertiary/aromatic N) is 2. The van der Waals surface area contributed by atoms with Crippen molar-refractivity contribution < 1.29 is 0 Å². The molecule has 13 rings (SSSR count). The van der Waals surface area contributed by atoms with Gasteiger partial charge in [-0.3, -0.25) is 0 Å². The summed E-state index contributed by atoms with van der Waals surface area (Å²) in [6, 6.07) is 90.0. The number of aromatic nitrogens is 1. The van der Waals surface area contributed by atoms with Gasteiger partial charge in [0.15, 0.2) is 0 Å². The number of fused-ring (bicyclic) bond motifs is 8. The summed E-state index contributed by atoms with van der Waals surface area (Å²) < 4.78 is 2.39. The van der Waals surface area contributed by atoms with Gasteiger partial charge in [0, 0.05) is 38.8 Å². The Morgan fingerprint density at radius 3 is 1.68 bits per heavy atom. The van der Waals surface area contributed by atoms with Crippen molar-refractivity contribution in [2.75, 3.05) is 4.90 Å². The molecular weight excluding hydrogens is 821 g/mol. The van der Waals surface area contributed by atoms with Gasteiger partial charge in [-0.05, 0) is 135 Å². The number of rotatable bonds is 8. The summed E-state index contributed by atoms with van der Waals surface area (Å²) in [7, 11) is 0. The van der Waals surface area contributed by atoms with Crippen molar-refractivity contribution in [1.82, 2.24) is 4.57 Å². The van der Waals surface area contributed by atoms with E-state index in [2.05, 4.69) is 252 Å². The van der Waals surface area contributed by atoms with E-state index in [4.69, 9.17) is 0 Å². The molecular formula is C66H50N2. The second-order valence-electron chi connectivity index (χ2n) is 18.7. The maximum Gasteiger partial charge on any atom is 0.0541 e.